The van der Waals surface area contributed by atoms with E-state index in [-0.39, 0.29) is 0 Å². The van der Waals surface area contributed by atoms with Gasteiger partial charge in [0.25, 0.3) is 0 Å². The molecule has 0 radical (unpaired) electrons. The van der Waals surface area contributed by atoms with Crippen LogP contribution in [0.4, 0.5) is 0 Å². The molecule has 0 heterocycles. The second kappa shape index (κ2) is 2.77. The minimum absolute atomic E-state index is 3.22. The summed E-state index contributed by atoms with van der Waals surface area (Å²) in [5.41, 5.74) is 0. The van der Waals surface area contributed by atoms with Gasteiger partial charge in [-0.2, -0.15) is 0 Å². The minimum atomic E-state index is -4.66. The van der Waals surface area contributed by atoms with Gasteiger partial charge in [0.2, 0.25) is 0 Å². The summed E-state index contributed by atoms with van der Waals surface area (Å²) in [6, 6.07) is 0. The molecule has 50 valence electrons. The van der Waals surface area contributed by atoms with E-state index in [1.807, 2.05) is 0 Å². The molecule has 0 unspecified atom stereocenters. The van der Waals surface area contributed by atoms with Gasteiger partial charge in [-0.25, -0.2) is 0 Å². The summed E-state index contributed by atoms with van der Waals surface area (Å²) in [4.78, 5) is 0. The third kappa shape index (κ3) is 6.35. The Morgan fingerprint density at radius 3 is 1.75 bits per heavy atom. The molecule has 0 aliphatic rings. The zero-order valence-electron chi connectivity index (χ0n) is 3.42. The monoisotopic (exact) mass is 206 g/mol. The van der Waals surface area contributed by atoms with E-state index in [1.165, 1.54) is 0 Å². The Hall–Kier alpha value is 0.348. The molecule has 0 spiro atoms. The van der Waals surface area contributed by atoms with E-state index in [0.29, 0.717) is 0 Å². The number of hydrogen-bond donors (Lipinski definition) is 3. The molecule has 0 saturated heterocycles. The van der Waals surface area contributed by atoms with Crippen LogP contribution < -0.4 is 0 Å². The first-order valence-corrected chi connectivity index (χ1v) is 5.07. The average Bonchev–Trinajstić information content (AvgIpc) is 1.21. The van der Waals surface area contributed by atoms with Gasteiger partial charge in [-0.05, 0) is 0 Å². The molecule has 6 nitrogen and oxygen atoms in total. The van der Waals surface area contributed by atoms with Crippen molar-refractivity contribution >= 4 is 26.1 Å². The van der Waals surface area contributed by atoms with Crippen LogP contribution in [-0.4, -0.2) is 36.8 Å². The van der Waals surface area contributed by atoms with Crippen LogP contribution in [0.2, 0.25) is 0 Å². The fourth-order valence-corrected chi connectivity index (χ4v) is 1.31. The van der Waals surface area contributed by atoms with Crippen molar-refractivity contribution in [1.82, 2.24) is 0 Å². The molecule has 0 fully saturated rings. The SMILES string of the molecule is O=S(=O)(O)O[As](O)O. The molecule has 0 aromatic heterocycles. The molecule has 3 N–H and O–H groups in total. The molecule has 0 saturated carbocycles. The Bertz CT molecular complexity index is 142. The van der Waals surface area contributed by atoms with Gasteiger partial charge >= 0.3 is 50.4 Å². The molecule has 8 heavy (non-hydrogen) atoms. The van der Waals surface area contributed by atoms with Crippen molar-refractivity contribution in [3.05, 3.63) is 0 Å². The Balaban J connectivity index is 3.75. The first kappa shape index (κ1) is 8.35. The van der Waals surface area contributed by atoms with Gasteiger partial charge < -0.3 is 0 Å². The van der Waals surface area contributed by atoms with Gasteiger partial charge in [-0.1, -0.05) is 0 Å². The molecule has 0 rings (SSSR count). The third-order valence-electron chi connectivity index (χ3n) is 0.161. The zero-order valence-corrected chi connectivity index (χ0v) is 6.11. The Kier molecular flexibility index (Phi) is 2.89. The van der Waals surface area contributed by atoms with Crippen molar-refractivity contribution in [1.29, 1.82) is 0 Å². The van der Waals surface area contributed by atoms with Gasteiger partial charge in [0, 0.05) is 0 Å². The summed E-state index contributed by atoms with van der Waals surface area (Å²) in [6.45, 7) is 0. The van der Waals surface area contributed by atoms with Gasteiger partial charge in [-0.3, -0.25) is 0 Å². The van der Waals surface area contributed by atoms with Crippen LogP contribution in [0.1, 0.15) is 0 Å². The van der Waals surface area contributed by atoms with Crippen LogP contribution in [0.5, 0.6) is 0 Å². The summed E-state index contributed by atoms with van der Waals surface area (Å²) >= 11 is -3.69. The average molecular weight is 206 g/mol. The summed E-state index contributed by atoms with van der Waals surface area (Å²) in [5.74, 6) is 0. The van der Waals surface area contributed by atoms with Crippen molar-refractivity contribution in [2.24, 2.45) is 0 Å². The predicted octanol–water partition coefficient (Wildman–Crippen LogP) is -2.22. The second-order valence-corrected chi connectivity index (χ2v) is 3.76. The summed E-state index contributed by atoms with van der Waals surface area (Å²) < 4.78 is 45.5. The molecule has 8 heteroatoms. The van der Waals surface area contributed by atoms with Crippen molar-refractivity contribution in [3.8, 4) is 0 Å². The first-order chi connectivity index (χ1) is 3.42. The Labute approximate surface area is 51.0 Å². The molecule has 0 aliphatic heterocycles. The summed E-state index contributed by atoms with van der Waals surface area (Å²) in [7, 11) is -4.66. The molecular weight excluding hydrogens is 203 g/mol. The van der Waals surface area contributed by atoms with Gasteiger partial charge in [-0.15, -0.1) is 0 Å². The van der Waals surface area contributed by atoms with Crippen LogP contribution in [-0.2, 0) is 13.6 Å². The maximum atomic E-state index is 9.49. The van der Waals surface area contributed by atoms with Crippen LogP contribution in [0.3, 0.4) is 0 Å². The second-order valence-electron chi connectivity index (χ2n) is 0.755. The maximum absolute atomic E-state index is 9.49. The van der Waals surface area contributed by atoms with Gasteiger partial charge in [0.1, 0.15) is 0 Å². The zero-order chi connectivity index (χ0) is 6.78. The quantitative estimate of drug-likeness (QED) is 0.349. The molecule has 0 amide bonds. The van der Waals surface area contributed by atoms with Crippen molar-refractivity contribution < 1.29 is 24.3 Å². The molecular formula is H3AsO6S. The van der Waals surface area contributed by atoms with E-state index >= 15 is 0 Å². The topological polar surface area (TPSA) is 104 Å². The van der Waals surface area contributed by atoms with Crippen LogP contribution in [0.25, 0.3) is 0 Å². The number of rotatable bonds is 2. The Morgan fingerprint density at radius 1 is 1.38 bits per heavy atom. The Morgan fingerprint density at radius 2 is 1.75 bits per heavy atom. The van der Waals surface area contributed by atoms with E-state index in [0.717, 1.165) is 0 Å². The summed E-state index contributed by atoms with van der Waals surface area (Å²) in [6.07, 6.45) is 0. The van der Waals surface area contributed by atoms with E-state index in [1.54, 1.807) is 0 Å². The van der Waals surface area contributed by atoms with E-state index in [4.69, 9.17) is 12.7 Å². The molecule has 0 aromatic rings. The van der Waals surface area contributed by atoms with Crippen molar-refractivity contribution in [2.75, 3.05) is 0 Å². The van der Waals surface area contributed by atoms with Crippen molar-refractivity contribution in [2.45, 2.75) is 0 Å². The molecule has 0 atom stereocenters. The predicted molar refractivity (Wildman–Crippen MR) is 22.8 cm³/mol. The molecule has 0 bridgehead atoms. The third-order valence-corrected chi connectivity index (χ3v) is 2.51. The van der Waals surface area contributed by atoms with E-state index in [2.05, 4.69) is 3.17 Å². The number of hydrogen-bond acceptors (Lipinski definition) is 5. The standard InChI is InChI=1S/AsH3O6S/c2-1(3)7-8(4,5)6/h2-3H,(H,4,5,6). The fourth-order valence-electron chi connectivity index (χ4n) is 0.0842. The fraction of sp³-hybridized carbons (Fsp3) is 0. The normalized spacial score (nSPS) is 12.5. The summed E-state index contributed by atoms with van der Waals surface area (Å²) in [5, 5.41) is 0. The van der Waals surface area contributed by atoms with Crippen LogP contribution in [0.15, 0.2) is 0 Å². The van der Waals surface area contributed by atoms with E-state index in [9.17, 15) is 8.42 Å². The van der Waals surface area contributed by atoms with Gasteiger partial charge in [0.15, 0.2) is 0 Å². The van der Waals surface area contributed by atoms with Gasteiger partial charge in [0.05, 0.1) is 0 Å². The van der Waals surface area contributed by atoms with Crippen LogP contribution >= 0.6 is 0 Å². The first-order valence-electron chi connectivity index (χ1n) is 1.27. The van der Waals surface area contributed by atoms with E-state index < -0.39 is 26.1 Å². The van der Waals surface area contributed by atoms with Crippen molar-refractivity contribution in [3.63, 3.8) is 0 Å². The molecule has 0 aliphatic carbocycles. The molecule has 0 aromatic carbocycles. The van der Waals surface area contributed by atoms with Crippen LogP contribution in [0, 0.1) is 0 Å².